The standard InChI is InChI=1S/C12H12N4O/c17-8-7-16-10-4-2-1-3-9(10)15-11-12(16)14-6-5-13-11/h1-6,17H,7-8H2,(H,13,15). The van der Waals surface area contributed by atoms with Gasteiger partial charge in [-0.1, -0.05) is 12.1 Å². The first kappa shape index (κ1) is 10.0. The van der Waals surface area contributed by atoms with E-state index in [4.69, 9.17) is 5.11 Å². The van der Waals surface area contributed by atoms with Gasteiger partial charge in [0, 0.05) is 18.9 Å². The number of aliphatic hydroxyl groups excluding tert-OH is 1. The van der Waals surface area contributed by atoms with Crippen molar-refractivity contribution in [2.75, 3.05) is 23.4 Å². The van der Waals surface area contributed by atoms with Crippen molar-refractivity contribution < 1.29 is 5.11 Å². The molecule has 0 atom stereocenters. The number of nitrogens with zero attached hydrogens (tertiary/aromatic N) is 3. The van der Waals surface area contributed by atoms with Gasteiger partial charge < -0.3 is 15.3 Å². The lowest BCUT2D eigenvalue weighted by atomic mass is 10.2. The molecule has 5 nitrogen and oxygen atoms in total. The van der Waals surface area contributed by atoms with Gasteiger partial charge in [0.25, 0.3) is 0 Å². The van der Waals surface area contributed by atoms with E-state index in [1.807, 2.05) is 29.2 Å². The molecule has 1 aliphatic rings. The average molecular weight is 228 g/mol. The lowest BCUT2D eigenvalue weighted by Gasteiger charge is -2.31. The van der Waals surface area contributed by atoms with Gasteiger partial charge in [-0.2, -0.15) is 0 Å². The van der Waals surface area contributed by atoms with E-state index in [0.717, 1.165) is 23.0 Å². The van der Waals surface area contributed by atoms with Gasteiger partial charge in [-0.05, 0) is 12.1 Å². The van der Waals surface area contributed by atoms with Crippen LogP contribution in [-0.4, -0.2) is 28.2 Å². The highest BCUT2D eigenvalue weighted by Gasteiger charge is 2.23. The molecule has 1 aromatic heterocycles. The Balaban J connectivity index is 2.13. The molecule has 0 saturated carbocycles. The van der Waals surface area contributed by atoms with Crippen LogP contribution >= 0.6 is 0 Å². The van der Waals surface area contributed by atoms with Crippen LogP contribution in [0.1, 0.15) is 0 Å². The number of aromatic nitrogens is 2. The Hall–Kier alpha value is -2.14. The predicted octanol–water partition coefficient (Wildman–Crippen LogP) is 1.66. The zero-order valence-corrected chi connectivity index (χ0v) is 9.17. The smallest absolute Gasteiger partial charge is 0.176 e. The second kappa shape index (κ2) is 4.03. The molecular formula is C12H12N4O. The van der Waals surface area contributed by atoms with Gasteiger partial charge in [0.15, 0.2) is 11.6 Å². The SMILES string of the molecule is OCCN1c2ccccc2Nc2nccnc21. The highest BCUT2D eigenvalue weighted by molar-refractivity contribution is 5.87. The molecule has 0 spiro atoms. The number of aliphatic hydroxyl groups is 1. The van der Waals surface area contributed by atoms with E-state index in [1.165, 1.54) is 0 Å². The van der Waals surface area contributed by atoms with Crippen LogP contribution < -0.4 is 10.2 Å². The summed E-state index contributed by atoms with van der Waals surface area (Å²) in [5, 5.41) is 12.4. The third-order valence-corrected chi connectivity index (χ3v) is 2.71. The van der Waals surface area contributed by atoms with Crippen LogP contribution in [0.4, 0.5) is 23.0 Å². The molecule has 2 heterocycles. The van der Waals surface area contributed by atoms with Gasteiger partial charge in [-0.25, -0.2) is 9.97 Å². The fraction of sp³-hybridized carbons (Fsp3) is 0.167. The molecule has 0 saturated heterocycles. The molecule has 0 unspecified atom stereocenters. The Kier molecular flexibility index (Phi) is 2.38. The quantitative estimate of drug-likeness (QED) is 0.818. The third-order valence-electron chi connectivity index (χ3n) is 2.71. The number of para-hydroxylation sites is 2. The first-order chi connectivity index (χ1) is 8.40. The van der Waals surface area contributed by atoms with Crippen LogP contribution in [0.3, 0.4) is 0 Å². The number of hydrogen-bond acceptors (Lipinski definition) is 5. The fourth-order valence-corrected chi connectivity index (χ4v) is 2.00. The molecule has 17 heavy (non-hydrogen) atoms. The van der Waals surface area contributed by atoms with Crippen molar-refractivity contribution in [3.63, 3.8) is 0 Å². The molecule has 0 amide bonds. The maximum absolute atomic E-state index is 9.16. The minimum absolute atomic E-state index is 0.0738. The average Bonchev–Trinajstić information content (AvgIpc) is 2.39. The molecule has 86 valence electrons. The summed E-state index contributed by atoms with van der Waals surface area (Å²) in [5.41, 5.74) is 1.99. The second-order valence-electron chi connectivity index (χ2n) is 3.75. The van der Waals surface area contributed by atoms with Crippen LogP contribution in [0.25, 0.3) is 0 Å². The van der Waals surface area contributed by atoms with E-state index in [-0.39, 0.29) is 6.61 Å². The third kappa shape index (κ3) is 1.60. The maximum atomic E-state index is 9.16. The fourth-order valence-electron chi connectivity index (χ4n) is 2.00. The molecule has 1 aliphatic heterocycles. The van der Waals surface area contributed by atoms with Crippen LogP contribution in [0.2, 0.25) is 0 Å². The van der Waals surface area contributed by atoms with Crippen LogP contribution in [0.5, 0.6) is 0 Å². The van der Waals surface area contributed by atoms with Crippen molar-refractivity contribution in [2.45, 2.75) is 0 Å². The molecule has 3 rings (SSSR count). The second-order valence-corrected chi connectivity index (χ2v) is 3.75. The van der Waals surface area contributed by atoms with Gasteiger partial charge in [0.05, 0.1) is 18.0 Å². The summed E-state index contributed by atoms with van der Waals surface area (Å²) < 4.78 is 0. The first-order valence-electron chi connectivity index (χ1n) is 5.45. The Bertz CT molecular complexity index is 498. The highest BCUT2D eigenvalue weighted by Crippen LogP contribution is 2.40. The molecule has 2 N–H and O–H groups in total. The zero-order valence-electron chi connectivity index (χ0n) is 9.17. The number of nitrogens with one attached hydrogen (secondary N) is 1. The number of β-amino-alcohol motifs (C(OH)–C–C–N with tert-alkyl or cyclic N) is 1. The van der Waals surface area contributed by atoms with E-state index < -0.39 is 0 Å². The molecule has 2 aromatic rings. The van der Waals surface area contributed by atoms with Crippen molar-refractivity contribution in [3.8, 4) is 0 Å². The lowest BCUT2D eigenvalue weighted by molar-refractivity contribution is 0.305. The van der Waals surface area contributed by atoms with Crippen molar-refractivity contribution in [1.29, 1.82) is 0 Å². The number of anilines is 4. The number of hydrogen-bond donors (Lipinski definition) is 2. The van der Waals surface area contributed by atoms with E-state index in [1.54, 1.807) is 12.4 Å². The van der Waals surface area contributed by atoms with Crippen molar-refractivity contribution in [2.24, 2.45) is 0 Å². The number of benzene rings is 1. The first-order valence-corrected chi connectivity index (χ1v) is 5.45. The monoisotopic (exact) mass is 228 g/mol. The van der Waals surface area contributed by atoms with E-state index in [2.05, 4.69) is 15.3 Å². The summed E-state index contributed by atoms with van der Waals surface area (Å²) in [6.07, 6.45) is 3.30. The number of rotatable bonds is 2. The topological polar surface area (TPSA) is 61.3 Å². The Morgan fingerprint density at radius 3 is 2.88 bits per heavy atom. The van der Waals surface area contributed by atoms with Gasteiger partial charge in [-0.15, -0.1) is 0 Å². The van der Waals surface area contributed by atoms with Crippen molar-refractivity contribution >= 4 is 23.0 Å². The Labute approximate surface area is 98.8 Å². The molecule has 0 bridgehead atoms. The van der Waals surface area contributed by atoms with Crippen LogP contribution in [0.15, 0.2) is 36.7 Å². The maximum Gasteiger partial charge on any atom is 0.176 e. The normalized spacial score (nSPS) is 12.6. The Morgan fingerprint density at radius 1 is 1.18 bits per heavy atom. The molecule has 0 fully saturated rings. The molecule has 0 aliphatic carbocycles. The van der Waals surface area contributed by atoms with Gasteiger partial charge in [-0.3, -0.25) is 0 Å². The summed E-state index contributed by atoms with van der Waals surface area (Å²) in [6.45, 7) is 0.578. The summed E-state index contributed by atoms with van der Waals surface area (Å²) in [6, 6.07) is 7.91. The zero-order chi connectivity index (χ0) is 11.7. The molecule has 0 radical (unpaired) electrons. The largest absolute Gasteiger partial charge is 0.395 e. The van der Waals surface area contributed by atoms with E-state index in [9.17, 15) is 0 Å². The minimum atomic E-state index is 0.0738. The van der Waals surface area contributed by atoms with Crippen LogP contribution in [-0.2, 0) is 0 Å². The van der Waals surface area contributed by atoms with Crippen molar-refractivity contribution in [1.82, 2.24) is 9.97 Å². The molecular weight excluding hydrogens is 216 g/mol. The van der Waals surface area contributed by atoms with Crippen LogP contribution in [0, 0.1) is 0 Å². The van der Waals surface area contributed by atoms with E-state index >= 15 is 0 Å². The van der Waals surface area contributed by atoms with Crippen molar-refractivity contribution in [3.05, 3.63) is 36.7 Å². The Morgan fingerprint density at radius 2 is 2.00 bits per heavy atom. The summed E-state index contributed by atoms with van der Waals surface area (Å²) in [5.74, 6) is 1.47. The molecule has 5 heteroatoms. The van der Waals surface area contributed by atoms with E-state index in [0.29, 0.717) is 6.54 Å². The van der Waals surface area contributed by atoms with Gasteiger partial charge in [0.2, 0.25) is 0 Å². The van der Waals surface area contributed by atoms with Gasteiger partial charge in [0.1, 0.15) is 0 Å². The summed E-state index contributed by atoms with van der Waals surface area (Å²) in [7, 11) is 0. The number of fused-ring (bicyclic) bond motifs is 2. The summed E-state index contributed by atoms with van der Waals surface area (Å²) >= 11 is 0. The lowest BCUT2D eigenvalue weighted by Crippen LogP contribution is -2.27. The molecule has 1 aromatic carbocycles. The minimum Gasteiger partial charge on any atom is -0.395 e. The predicted molar refractivity (Wildman–Crippen MR) is 65.8 cm³/mol. The van der Waals surface area contributed by atoms with Gasteiger partial charge >= 0.3 is 0 Å². The summed E-state index contributed by atoms with van der Waals surface area (Å²) in [4.78, 5) is 10.5. The highest BCUT2D eigenvalue weighted by atomic mass is 16.3.